The Bertz CT molecular complexity index is 53.5. The van der Waals surface area contributed by atoms with Gasteiger partial charge in [-0.25, -0.2) is 0 Å². The van der Waals surface area contributed by atoms with E-state index in [1.54, 1.807) is 0 Å². The molecule has 0 radical (unpaired) electrons. The second-order valence-electron chi connectivity index (χ2n) is 2.63. The van der Waals surface area contributed by atoms with Crippen molar-refractivity contribution in [3.05, 3.63) is 0 Å². The van der Waals surface area contributed by atoms with Crippen molar-refractivity contribution in [1.82, 2.24) is 0 Å². The van der Waals surface area contributed by atoms with Crippen LogP contribution in [0.1, 0.15) is 46.5 Å². The van der Waals surface area contributed by atoms with Crippen molar-refractivity contribution < 1.29 is 10.2 Å². The van der Waals surface area contributed by atoms with Crippen molar-refractivity contribution in [2.75, 3.05) is 6.61 Å². The van der Waals surface area contributed by atoms with Crippen molar-refractivity contribution in [3.63, 3.8) is 0 Å². The van der Waals surface area contributed by atoms with E-state index in [4.69, 9.17) is 10.2 Å². The number of rotatable bonds is 4. The third-order valence-electron chi connectivity index (χ3n) is 1.33. The summed E-state index contributed by atoms with van der Waals surface area (Å²) in [5, 5.41) is 16.8. The lowest BCUT2D eigenvalue weighted by Crippen LogP contribution is -2.10. The van der Waals surface area contributed by atoms with Crippen molar-refractivity contribution in [1.29, 1.82) is 0 Å². The molecular weight excluding hydrogens is 140 g/mol. The molecule has 0 rings (SSSR count). The van der Waals surface area contributed by atoms with Crippen LogP contribution in [0.5, 0.6) is 0 Å². The van der Waals surface area contributed by atoms with E-state index in [0.29, 0.717) is 6.42 Å². The third kappa shape index (κ3) is 17.8. The molecule has 0 aromatic carbocycles. The molecule has 11 heavy (non-hydrogen) atoms. The molecule has 0 fully saturated rings. The van der Waals surface area contributed by atoms with Gasteiger partial charge in [0.1, 0.15) is 0 Å². The van der Waals surface area contributed by atoms with Crippen LogP contribution >= 0.6 is 0 Å². The lowest BCUT2D eigenvalue weighted by Gasteiger charge is -2.01. The Hall–Kier alpha value is -0.0800. The fourth-order valence-electron chi connectivity index (χ4n) is 0.425. The number of aliphatic hydroxyl groups is 2. The maximum absolute atomic E-state index is 8.61. The Balaban J connectivity index is 0. The Morgan fingerprint density at radius 1 is 1.00 bits per heavy atom. The van der Waals surface area contributed by atoms with Crippen LogP contribution in [0.25, 0.3) is 0 Å². The van der Waals surface area contributed by atoms with Gasteiger partial charge in [-0.05, 0) is 6.42 Å². The second kappa shape index (κ2) is 12.6. The van der Waals surface area contributed by atoms with E-state index >= 15 is 0 Å². The number of aliphatic hydroxyl groups excluding tert-OH is 2. The minimum Gasteiger partial charge on any atom is -0.394 e. The average molecular weight is 162 g/mol. The van der Waals surface area contributed by atoms with E-state index in [1.807, 2.05) is 6.92 Å². The first-order valence-corrected chi connectivity index (χ1v) is 4.51. The number of unbranched alkanes of at least 4 members (excludes halogenated alkanes) is 1. The van der Waals surface area contributed by atoms with Gasteiger partial charge in [0.05, 0.1) is 12.7 Å². The Morgan fingerprint density at radius 2 is 1.45 bits per heavy atom. The van der Waals surface area contributed by atoms with E-state index in [9.17, 15) is 0 Å². The van der Waals surface area contributed by atoms with Crippen molar-refractivity contribution in [3.8, 4) is 0 Å². The van der Waals surface area contributed by atoms with Crippen molar-refractivity contribution in [2.45, 2.75) is 52.6 Å². The van der Waals surface area contributed by atoms with Gasteiger partial charge in [0.15, 0.2) is 0 Å². The first-order chi connectivity index (χ1) is 5.22. The van der Waals surface area contributed by atoms with Gasteiger partial charge in [-0.15, -0.1) is 0 Å². The average Bonchev–Trinajstić information content (AvgIpc) is 2.05. The SMILES string of the molecule is CCCC.CCCC(O)CO. The summed E-state index contributed by atoms with van der Waals surface area (Å²) >= 11 is 0. The molecule has 0 saturated carbocycles. The van der Waals surface area contributed by atoms with Gasteiger partial charge >= 0.3 is 0 Å². The summed E-state index contributed by atoms with van der Waals surface area (Å²) < 4.78 is 0. The number of hydrogen-bond acceptors (Lipinski definition) is 2. The number of hydrogen-bond donors (Lipinski definition) is 2. The Labute approximate surface area is 70.3 Å². The summed E-state index contributed by atoms with van der Waals surface area (Å²) in [6.45, 7) is 6.23. The molecule has 1 atom stereocenters. The molecule has 0 aromatic rings. The molecule has 0 aliphatic carbocycles. The maximum Gasteiger partial charge on any atom is 0.0770 e. The standard InChI is InChI=1S/C5H12O2.C4H10/c1-2-3-5(7)4-6;1-3-4-2/h5-7H,2-4H2,1H3;3-4H2,1-2H3. The molecule has 70 valence electrons. The van der Waals surface area contributed by atoms with E-state index in [-0.39, 0.29) is 6.61 Å². The van der Waals surface area contributed by atoms with Crippen molar-refractivity contribution >= 4 is 0 Å². The fraction of sp³-hybridized carbons (Fsp3) is 1.00. The summed E-state index contributed by atoms with van der Waals surface area (Å²) in [5.74, 6) is 0. The smallest absolute Gasteiger partial charge is 0.0770 e. The summed E-state index contributed by atoms with van der Waals surface area (Å²) in [4.78, 5) is 0. The predicted molar refractivity (Wildman–Crippen MR) is 48.6 cm³/mol. The van der Waals surface area contributed by atoms with Gasteiger partial charge in [0.25, 0.3) is 0 Å². The van der Waals surface area contributed by atoms with Gasteiger partial charge in [-0.2, -0.15) is 0 Å². The van der Waals surface area contributed by atoms with Gasteiger partial charge in [0, 0.05) is 0 Å². The topological polar surface area (TPSA) is 40.5 Å². The summed E-state index contributed by atoms with van der Waals surface area (Å²) in [5.41, 5.74) is 0. The predicted octanol–water partition coefficient (Wildman–Crippen LogP) is 1.95. The van der Waals surface area contributed by atoms with Crippen LogP contribution in [0.2, 0.25) is 0 Å². The minimum absolute atomic E-state index is 0.103. The van der Waals surface area contributed by atoms with Crippen molar-refractivity contribution in [2.24, 2.45) is 0 Å². The van der Waals surface area contributed by atoms with Crippen LogP contribution < -0.4 is 0 Å². The zero-order valence-electron chi connectivity index (χ0n) is 8.01. The lowest BCUT2D eigenvalue weighted by molar-refractivity contribution is 0.0877. The van der Waals surface area contributed by atoms with Gasteiger partial charge in [-0.1, -0.05) is 40.0 Å². The summed E-state index contributed by atoms with van der Waals surface area (Å²) in [6, 6.07) is 0. The molecule has 0 heterocycles. The Kier molecular flexibility index (Phi) is 15.4. The highest BCUT2D eigenvalue weighted by atomic mass is 16.3. The van der Waals surface area contributed by atoms with E-state index in [2.05, 4.69) is 13.8 Å². The summed E-state index contributed by atoms with van der Waals surface area (Å²) in [6.07, 6.45) is 3.78. The third-order valence-corrected chi connectivity index (χ3v) is 1.33. The molecule has 0 aliphatic rings. The second-order valence-corrected chi connectivity index (χ2v) is 2.63. The van der Waals surface area contributed by atoms with E-state index in [1.165, 1.54) is 12.8 Å². The van der Waals surface area contributed by atoms with E-state index in [0.717, 1.165) is 6.42 Å². The summed E-state index contributed by atoms with van der Waals surface area (Å²) in [7, 11) is 0. The zero-order chi connectivity index (χ0) is 9.11. The van der Waals surface area contributed by atoms with Gasteiger partial charge in [-0.3, -0.25) is 0 Å². The van der Waals surface area contributed by atoms with E-state index < -0.39 is 6.10 Å². The molecule has 2 heteroatoms. The maximum atomic E-state index is 8.61. The highest BCUT2D eigenvalue weighted by molar-refractivity contribution is 4.48. The molecular formula is C9H22O2. The highest BCUT2D eigenvalue weighted by Gasteiger charge is 1.95. The molecule has 1 unspecified atom stereocenters. The van der Waals surface area contributed by atoms with Gasteiger partial charge < -0.3 is 10.2 Å². The van der Waals surface area contributed by atoms with Crippen LogP contribution in [0.4, 0.5) is 0 Å². The molecule has 2 nitrogen and oxygen atoms in total. The van der Waals surface area contributed by atoms with Crippen LogP contribution in [-0.2, 0) is 0 Å². The van der Waals surface area contributed by atoms with Crippen LogP contribution in [0.15, 0.2) is 0 Å². The normalized spacial score (nSPS) is 11.7. The molecule has 0 saturated heterocycles. The molecule has 2 N–H and O–H groups in total. The molecule has 0 spiro atoms. The Morgan fingerprint density at radius 3 is 1.55 bits per heavy atom. The fourth-order valence-corrected chi connectivity index (χ4v) is 0.425. The monoisotopic (exact) mass is 162 g/mol. The lowest BCUT2D eigenvalue weighted by atomic mass is 10.2. The highest BCUT2D eigenvalue weighted by Crippen LogP contribution is 1.92. The molecule has 0 aromatic heterocycles. The molecule has 0 amide bonds. The minimum atomic E-state index is -0.495. The quantitative estimate of drug-likeness (QED) is 0.663. The van der Waals surface area contributed by atoms with Gasteiger partial charge in [0.2, 0.25) is 0 Å². The molecule has 0 bridgehead atoms. The first kappa shape index (κ1) is 13.5. The van der Waals surface area contributed by atoms with Crippen LogP contribution in [-0.4, -0.2) is 22.9 Å². The molecule has 0 aliphatic heterocycles. The van der Waals surface area contributed by atoms with Crippen LogP contribution in [0.3, 0.4) is 0 Å². The zero-order valence-corrected chi connectivity index (χ0v) is 8.01. The first-order valence-electron chi connectivity index (χ1n) is 4.51. The largest absolute Gasteiger partial charge is 0.394 e. The van der Waals surface area contributed by atoms with Crippen LogP contribution in [0, 0.1) is 0 Å².